The molecule has 2 N–H and O–H groups in total. The number of hydrogen-bond donors (Lipinski definition) is 2. The molecular weight excluding hydrogens is 118 g/mol. The van der Waals surface area contributed by atoms with Gasteiger partial charge in [-0.05, 0) is 6.42 Å². The minimum Gasteiger partial charge on any atom is -0.380 e. The van der Waals surface area contributed by atoms with E-state index in [4.69, 9.17) is 9.94 Å². The maximum atomic E-state index is 8.07. The Labute approximate surface area is 55.3 Å². The normalized spacial score (nSPS) is 9.44. The zero-order valence-electron chi connectivity index (χ0n) is 5.47. The van der Waals surface area contributed by atoms with Gasteiger partial charge in [0.2, 0.25) is 0 Å². The molecule has 0 rings (SSSR count). The molecule has 9 heavy (non-hydrogen) atoms. The second-order valence-corrected chi connectivity index (χ2v) is 1.60. The molecule has 0 aliphatic heterocycles. The van der Waals surface area contributed by atoms with E-state index in [2.05, 4.69) is 6.58 Å². The van der Waals surface area contributed by atoms with E-state index in [1.807, 2.05) is 5.48 Å². The third-order valence-electron chi connectivity index (χ3n) is 0.825. The summed E-state index contributed by atoms with van der Waals surface area (Å²) in [6, 6.07) is 0. The Balaban J connectivity index is 2.66. The quantitative estimate of drug-likeness (QED) is 0.314. The van der Waals surface area contributed by atoms with Gasteiger partial charge < -0.3 is 9.94 Å². The summed E-state index contributed by atoms with van der Waals surface area (Å²) in [5, 5.41) is 8.07. The molecule has 3 nitrogen and oxygen atoms in total. The fraction of sp³-hybridized carbons (Fsp3) is 0.667. The molecular formula is C6H13NO2. The Bertz CT molecular complexity index is 66.1. The molecule has 0 amide bonds. The summed E-state index contributed by atoms with van der Waals surface area (Å²) in [6.07, 6.45) is 2.66. The maximum Gasteiger partial charge on any atom is 0.0614 e. The van der Waals surface area contributed by atoms with Crippen molar-refractivity contribution in [2.45, 2.75) is 6.42 Å². The number of nitrogens with one attached hydrogen (secondary N) is 1. The number of hydrogen-bond acceptors (Lipinski definition) is 3. The highest BCUT2D eigenvalue weighted by atomic mass is 16.5. The lowest BCUT2D eigenvalue weighted by Crippen LogP contribution is -2.15. The van der Waals surface area contributed by atoms with Crippen molar-refractivity contribution in [2.24, 2.45) is 0 Å². The molecule has 0 spiro atoms. The maximum absolute atomic E-state index is 8.07. The highest BCUT2D eigenvalue weighted by Gasteiger charge is 1.82. The van der Waals surface area contributed by atoms with Crippen LogP contribution in [0.25, 0.3) is 0 Å². The molecule has 0 saturated heterocycles. The highest BCUT2D eigenvalue weighted by Crippen LogP contribution is 1.80. The molecule has 0 radical (unpaired) electrons. The van der Waals surface area contributed by atoms with Crippen molar-refractivity contribution in [1.82, 2.24) is 5.48 Å². The van der Waals surface area contributed by atoms with Crippen LogP contribution in [0.2, 0.25) is 0 Å². The van der Waals surface area contributed by atoms with Crippen LogP contribution in [0.1, 0.15) is 6.42 Å². The molecule has 0 unspecified atom stereocenters. The average Bonchev–Trinajstić information content (AvgIpc) is 1.89. The SMILES string of the molecule is C=CCCOCCNO. The van der Waals surface area contributed by atoms with Gasteiger partial charge in [0.25, 0.3) is 0 Å². The molecule has 0 aromatic heterocycles. The third-order valence-corrected chi connectivity index (χ3v) is 0.825. The van der Waals surface area contributed by atoms with E-state index in [-0.39, 0.29) is 0 Å². The summed E-state index contributed by atoms with van der Waals surface area (Å²) in [7, 11) is 0. The van der Waals surface area contributed by atoms with Gasteiger partial charge in [-0.3, -0.25) is 0 Å². The van der Waals surface area contributed by atoms with Crippen LogP contribution in [0.3, 0.4) is 0 Å². The van der Waals surface area contributed by atoms with Crippen LogP contribution in [0.15, 0.2) is 12.7 Å². The summed E-state index contributed by atoms with van der Waals surface area (Å²) >= 11 is 0. The van der Waals surface area contributed by atoms with Gasteiger partial charge in [0.1, 0.15) is 0 Å². The van der Waals surface area contributed by atoms with Gasteiger partial charge in [-0.15, -0.1) is 6.58 Å². The lowest BCUT2D eigenvalue weighted by molar-refractivity contribution is 0.0929. The van der Waals surface area contributed by atoms with Crippen molar-refractivity contribution >= 4 is 0 Å². The van der Waals surface area contributed by atoms with Gasteiger partial charge in [-0.2, -0.15) is 0 Å². The molecule has 0 bridgehead atoms. The molecule has 0 heterocycles. The van der Waals surface area contributed by atoms with Gasteiger partial charge in [0.05, 0.1) is 13.2 Å². The summed E-state index contributed by atoms with van der Waals surface area (Å²) in [5.41, 5.74) is 1.99. The first-order valence-corrected chi connectivity index (χ1v) is 2.97. The molecule has 0 fully saturated rings. The number of ether oxygens (including phenoxy) is 1. The standard InChI is InChI=1S/C6H13NO2/c1-2-3-5-9-6-4-7-8/h2,7-8H,1,3-6H2. The topological polar surface area (TPSA) is 41.5 Å². The fourth-order valence-corrected chi connectivity index (χ4v) is 0.387. The minimum atomic E-state index is 0.483. The number of hydroxylamine groups is 1. The van der Waals surface area contributed by atoms with Crippen molar-refractivity contribution in [3.8, 4) is 0 Å². The highest BCUT2D eigenvalue weighted by molar-refractivity contribution is 4.64. The summed E-state index contributed by atoms with van der Waals surface area (Å²) in [6.45, 7) is 5.25. The monoisotopic (exact) mass is 131 g/mol. The van der Waals surface area contributed by atoms with Gasteiger partial charge >= 0.3 is 0 Å². The summed E-state index contributed by atoms with van der Waals surface area (Å²) in [4.78, 5) is 0. The Morgan fingerprint density at radius 1 is 1.56 bits per heavy atom. The Morgan fingerprint density at radius 2 is 2.33 bits per heavy atom. The first-order chi connectivity index (χ1) is 4.41. The molecule has 0 aliphatic carbocycles. The fourth-order valence-electron chi connectivity index (χ4n) is 0.387. The van der Waals surface area contributed by atoms with Crippen molar-refractivity contribution < 1.29 is 9.94 Å². The molecule has 0 atom stereocenters. The van der Waals surface area contributed by atoms with Crippen LogP contribution in [0.4, 0.5) is 0 Å². The van der Waals surface area contributed by atoms with E-state index >= 15 is 0 Å². The zero-order valence-corrected chi connectivity index (χ0v) is 5.47. The molecule has 0 aromatic rings. The largest absolute Gasteiger partial charge is 0.380 e. The van der Waals surface area contributed by atoms with Crippen molar-refractivity contribution in [3.63, 3.8) is 0 Å². The average molecular weight is 131 g/mol. The molecule has 0 aliphatic rings. The van der Waals surface area contributed by atoms with E-state index in [9.17, 15) is 0 Å². The van der Waals surface area contributed by atoms with Gasteiger partial charge in [0.15, 0.2) is 0 Å². The van der Waals surface area contributed by atoms with Crippen molar-refractivity contribution in [3.05, 3.63) is 12.7 Å². The Morgan fingerprint density at radius 3 is 2.89 bits per heavy atom. The van der Waals surface area contributed by atoms with Gasteiger partial charge in [-0.25, -0.2) is 5.48 Å². The second-order valence-electron chi connectivity index (χ2n) is 1.60. The van der Waals surface area contributed by atoms with E-state index in [1.54, 1.807) is 6.08 Å². The van der Waals surface area contributed by atoms with Crippen LogP contribution in [0, 0.1) is 0 Å². The van der Waals surface area contributed by atoms with E-state index < -0.39 is 0 Å². The lowest BCUT2D eigenvalue weighted by atomic mass is 10.5. The van der Waals surface area contributed by atoms with Crippen molar-refractivity contribution in [1.29, 1.82) is 0 Å². The number of rotatable bonds is 6. The summed E-state index contributed by atoms with van der Waals surface area (Å²) < 4.78 is 5.02. The van der Waals surface area contributed by atoms with Crippen LogP contribution in [-0.4, -0.2) is 25.0 Å². The van der Waals surface area contributed by atoms with Crippen LogP contribution in [0.5, 0.6) is 0 Å². The van der Waals surface area contributed by atoms with Crippen LogP contribution in [-0.2, 0) is 4.74 Å². The van der Waals surface area contributed by atoms with Crippen LogP contribution < -0.4 is 5.48 Å². The van der Waals surface area contributed by atoms with E-state index in [0.29, 0.717) is 19.8 Å². The van der Waals surface area contributed by atoms with Gasteiger partial charge in [0, 0.05) is 6.54 Å². The smallest absolute Gasteiger partial charge is 0.0614 e. The Hall–Kier alpha value is -0.380. The van der Waals surface area contributed by atoms with Gasteiger partial charge in [-0.1, -0.05) is 6.08 Å². The third kappa shape index (κ3) is 7.62. The molecule has 54 valence electrons. The zero-order chi connectivity index (χ0) is 6.95. The molecule has 0 saturated carbocycles. The predicted octanol–water partition coefficient (Wildman–Crippen LogP) is 0.558. The second kappa shape index (κ2) is 7.62. The Kier molecular flexibility index (Phi) is 7.30. The van der Waals surface area contributed by atoms with E-state index in [1.165, 1.54) is 0 Å². The summed E-state index contributed by atoms with van der Waals surface area (Å²) in [5.74, 6) is 0. The molecule has 3 heteroatoms. The van der Waals surface area contributed by atoms with Crippen LogP contribution >= 0.6 is 0 Å². The predicted molar refractivity (Wildman–Crippen MR) is 35.4 cm³/mol. The molecule has 0 aromatic carbocycles. The lowest BCUT2D eigenvalue weighted by Gasteiger charge is -1.98. The van der Waals surface area contributed by atoms with Crippen molar-refractivity contribution in [2.75, 3.05) is 19.8 Å². The van der Waals surface area contributed by atoms with E-state index in [0.717, 1.165) is 6.42 Å². The first-order valence-electron chi connectivity index (χ1n) is 2.97. The minimum absolute atomic E-state index is 0.483. The first kappa shape index (κ1) is 8.62.